The van der Waals surface area contributed by atoms with Gasteiger partial charge in [-0.2, -0.15) is 13.2 Å². The number of nitrogens with one attached hydrogen (secondary N) is 1. The third kappa shape index (κ3) is 5.07. The van der Waals surface area contributed by atoms with Crippen LogP contribution in [0.25, 0.3) is 0 Å². The van der Waals surface area contributed by atoms with E-state index in [0.717, 1.165) is 33.7 Å². The monoisotopic (exact) mass is 526 g/mol. The second-order valence-corrected chi connectivity index (χ2v) is 9.81. The van der Waals surface area contributed by atoms with Gasteiger partial charge < -0.3 is 15.2 Å². The highest BCUT2D eigenvalue weighted by Crippen LogP contribution is 2.40. The number of aliphatic imine (C=N–C) groups is 1. The summed E-state index contributed by atoms with van der Waals surface area (Å²) in [5, 5.41) is 14.0. The number of nitrogens with zero attached hydrogens (tertiary/aromatic N) is 3. The minimum atomic E-state index is -4.56. The summed E-state index contributed by atoms with van der Waals surface area (Å²) in [7, 11) is 0. The summed E-state index contributed by atoms with van der Waals surface area (Å²) < 4.78 is 45.9. The molecule has 2 aliphatic rings. The second kappa shape index (κ2) is 9.31. The first-order valence-electron chi connectivity index (χ1n) is 10.9. The van der Waals surface area contributed by atoms with E-state index in [1.807, 2.05) is 19.1 Å². The molecule has 178 valence electrons. The lowest BCUT2D eigenvalue weighted by atomic mass is 9.82. The van der Waals surface area contributed by atoms with Crippen molar-refractivity contribution in [1.29, 1.82) is 0 Å². The number of aromatic nitrogens is 2. The van der Waals surface area contributed by atoms with Crippen molar-refractivity contribution in [2.75, 3.05) is 11.9 Å². The van der Waals surface area contributed by atoms with Gasteiger partial charge in [0.2, 0.25) is 5.95 Å². The Morgan fingerprint density at radius 1 is 1.18 bits per heavy atom. The molecule has 0 spiro atoms. The fourth-order valence-corrected chi connectivity index (χ4v) is 4.75. The fourth-order valence-electron chi connectivity index (χ4n) is 4.38. The number of aliphatic hydroxyl groups is 1. The molecule has 1 aromatic carbocycles. The van der Waals surface area contributed by atoms with Gasteiger partial charge in [0.1, 0.15) is 11.8 Å². The van der Waals surface area contributed by atoms with E-state index in [4.69, 9.17) is 9.73 Å². The number of fused-ring (bicyclic) bond motifs is 1. The molecule has 4 rings (SSSR count). The van der Waals surface area contributed by atoms with Crippen LogP contribution in [0.3, 0.4) is 0 Å². The topological polar surface area (TPSA) is 79.6 Å². The van der Waals surface area contributed by atoms with Gasteiger partial charge in [-0.15, -0.1) is 0 Å². The van der Waals surface area contributed by atoms with Gasteiger partial charge in [0, 0.05) is 16.6 Å². The molecule has 0 saturated carbocycles. The Hall–Kier alpha value is -2.04. The number of aliphatic hydroxyl groups excluding tert-OH is 1. The van der Waals surface area contributed by atoms with Crippen LogP contribution < -0.4 is 5.32 Å². The highest BCUT2D eigenvalue weighted by molar-refractivity contribution is 9.10. The Balaban J connectivity index is 1.53. The lowest BCUT2D eigenvalue weighted by molar-refractivity contribution is -0.141. The zero-order valence-corrected chi connectivity index (χ0v) is 20.1. The lowest BCUT2D eigenvalue weighted by Gasteiger charge is -2.39. The maximum atomic E-state index is 13.0. The van der Waals surface area contributed by atoms with Crippen LogP contribution in [0.15, 0.2) is 39.9 Å². The maximum absolute atomic E-state index is 13.0. The van der Waals surface area contributed by atoms with E-state index in [1.54, 1.807) is 0 Å². The third-order valence-electron chi connectivity index (χ3n) is 6.66. The van der Waals surface area contributed by atoms with Gasteiger partial charge in [-0.05, 0) is 48.1 Å². The van der Waals surface area contributed by atoms with Crippen LogP contribution in [0, 0.1) is 11.8 Å². The van der Waals surface area contributed by atoms with E-state index in [9.17, 15) is 18.3 Å². The summed E-state index contributed by atoms with van der Waals surface area (Å²) >= 11 is 3.53. The highest BCUT2D eigenvalue weighted by Gasteiger charge is 2.41. The zero-order chi connectivity index (χ0) is 23.9. The van der Waals surface area contributed by atoms with Crippen LogP contribution in [0.2, 0.25) is 0 Å². The highest BCUT2D eigenvalue weighted by atomic mass is 79.9. The first kappa shape index (κ1) is 24.1. The molecule has 3 heterocycles. The Labute approximate surface area is 198 Å². The summed E-state index contributed by atoms with van der Waals surface area (Å²) in [4.78, 5) is 12.3. The molecule has 0 radical (unpaired) electrons. The van der Waals surface area contributed by atoms with E-state index in [-0.39, 0.29) is 24.4 Å². The molecule has 6 nitrogen and oxygen atoms in total. The smallest absolute Gasteiger partial charge is 0.390 e. The van der Waals surface area contributed by atoms with Crippen LogP contribution in [0.1, 0.15) is 44.4 Å². The van der Waals surface area contributed by atoms with Crippen molar-refractivity contribution < 1.29 is 23.0 Å². The van der Waals surface area contributed by atoms with Crippen LogP contribution in [-0.4, -0.2) is 45.6 Å². The number of hydrogen-bond donors (Lipinski definition) is 2. The maximum Gasteiger partial charge on any atom is 0.433 e. The van der Waals surface area contributed by atoms with Crippen molar-refractivity contribution in [3.8, 4) is 0 Å². The summed E-state index contributed by atoms with van der Waals surface area (Å²) in [6.45, 7) is 6.34. The van der Waals surface area contributed by atoms with E-state index in [2.05, 4.69) is 51.1 Å². The molecule has 10 heteroatoms. The molecule has 2 aliphatic heterocycles. The predicted molar refractivity (Wildman–Crippen MR) is 123 cm³/mol. The molecule has 0 amide bonds. The number of ether oxygens (including phenoxy) is 1. The van der Waals surface area contributed by atoms with E-state index in [0.29, 0.717) is 12.3 Å². The molecule has 1 saturated heterocycles. The average Bonchev–Trinajstić information content (AvgIpc) is 2.88. The number of rotatable bonds is 3. The van der Waals surface area contributed by atoms with Crippen LogP contribution in [0.5, 0.6) is 0 Å². The Morgan fingerprint density at radius 3 is 2.67 bits per heavy atom. The zero-order valence-electron chi connectivity index (χ0n) is 18.5. The molecule has 33 heavy (non-hydrogen) atoms. The second-order valence-electron chi connectivity index (χ2n) is 8.89. The van der Waals surface area contributed by atoms with Gasteiger partial charge in [-0.25, -0.2) is 9.97 Å². The molecule has 1 fully saturated rings. The largest absolute Gasteiger partial charge is 0.433 e. The molecule has 0 aliphatic carbocycles. The van der Waals surface area contributed by atoms with Crippen LogP contribution in [0.4, 0.5) is 24.8 Å². The fraction of sp³-hybridized carbons (Fsp3) is 0.522. The molecular weight excluding hydrogens is 501 g/mol. The summed E-state index contributed by atoms with van der Waals surface area (Å²) in [5.41, 5.74) is 1.77. The van der Waals surface area contributed by atoms with Gasteiger partial charge in [0.05, 0.1) is 30.2 Å². The average molecular weight is 527 g/mol. The molecule has 6 atom stereocenters. The van der Waals surface area contributed by atoms with Gasteiger partial charge in [-0.1, -0.05) is 36.7 Å². The van der Waals surface area contributed by atoms with E-state index < -0.39 is 30.1 Å². The molecule has 2 aromatic rings. The minimum absolute atomic E-state index is 0.148. The first-order valence-corrected chi connectivity index (χ1v) is 11.7. The normalized spacial score (nSPS) is 30.2. The molecule has 2 unspecified atom stereocenters. The predicted octanol–water partition coefficient (Wildman–Crippen LogP) is 5.35. The van der Waals surface area contributed by atoms with Gasteiger partial charge >= 0.3 is 6.18 Å². The Bertz CT molecular complexity index is 1050. The first-order chi connectivity index (χ1) is 15.5. The molecule has 1 aromatic heterocycles. The summed E-state index contributed by atoms with van der Waals surface area (Å²) in [5.74, 6) is 0.0961. The minimum Gasteiger partial charge on any atom is -0.390 e. The van der Waals surface area contributed by atoms with Crippen molar-refractivity contribution in [3.05, 3.63) is 46.2 Å². The van der Waals surface area contributed by atoms with Crippen molar-refractivity contribution >= 4 is 33.3 Å². The number of halogens is 4. The number of alkyl halides is 3. The quantitative estimate of drug-likeness (QED) is 0.563. The van der Waals surface area contributed by atoms with E-state index in [1.165, 1.54) is 0 Å². The number of anilines is 1. The van der Waals surface area contributed by atoms with Crippen LogP contribution >= 0.6 is 15.9 Å². The molecule has 0 bridgehead atoms. The number of hydrogen-bond acceptors (Lipinski definition) is 6. The van der Waals surface area contributed by atoms with Gasteiger partial charge in [0.15, 0.2) is 0 Å². The standard InChI is InChI=1S/C23H26BrF3N4O2/c1-11-8-17(29-16-5-4-14(24)9-15(16)12(11)2)21-20(32)13(3)18(10-33-21)30-22-28-7-6-19(31-22)23(25,26)27/h4-7,9,11-13,18,20-21,32H,8,10H2,1-3H3,(H,28,30,31)/t11?,12?,13-,18+,20-,21-/m1/s1. The van der Waals surface area contributed by atoms with Crippen molar-refractivity contribution in [2.45, 2.75) is 57.5 Å². The molecule has 2 N–H and O–H groups in total. The Kier molecular flexibility index (Phi) is 6.80. The van der Waals surface area contributed by atoms with E-state index >= 15 is 0 Å². The summed E-state index contributed by atoms with van der Waals surface area (Å²) in [6, 6.07) is 6.35. The van der Waals surface area contributed by atoms with Crippen molar-refractivity contribution in [2.24, 2.45) is 16.8 Å². The van der Waals surface area contributed by atoms with Crippen LogP contribution in [-0.2, 0) is 10.9 Å². The molecular formula is C23H26BrF3N4O2. The van der Waals surface area contributed by atoms with Crippen molar-refractivity contribution in [1.82, 2.24) is 9.97 Å². The Morgan fingerprint density at radius 2 is 1.94 bits per heavy atom. The van der Waals surface area contributed by atoms with Crippen molar-refractivity contribution in [3.63, 3.8) is 0 Å². The number of benzene rings is 1. The summed E-state index contributed by atoms with van der Waals surface area (Å²) in [6.07, 6.45) is -4.30. The SMILES string of the molecule is CC1CC([C@H]2OC[C@H](Nc3nccc(C(F)(F)F)n3)[C@@H](C)[C@H]2O)=Nc2ccc(Br)cc2C1C. The third-order valence-corrected chi connectivity index (χ3v) is 7.15. The van der Waals surface area contributed by atoms with Gasteiger partial charge in [0.25, 0.3) is 0 Å². The van der Waals surface area contributed by atoms with Gasteiger partial charge in [-0.3, -0.25) is 4.99 Å². The lowest BCUT2D eigenvalue weighted by Crippen LogP contribution is -2.54.